The molecule has 1 aliphatic rings. The number of nitrogens with one attached hydrogen (secondary N) is 1. The molecular weight excluding hydrogens is 482 g/mol. The number of carbonyl (C=O) groups excluding carboxylic acids is 2. The maximum Gasteiger partial charge on any atom is 0.336 e. The minimum absolute atomic E-state index is 0.0987. The van der Waals surface area contributed by atoms with Crippen molar-refractivity contribution in [2.45, 2.75) is 0 Å². The Balaban J connectivity index is 1.50. The van der Waals surface area contributed by atoms with Gasteiger partial charge in [0.1, 0.15) is 23.0 Å². The van der Waals surface area contributed by atoms with Gasteiger partial charge in [-0.2, -0.15) is 0 Å². The van der Waals surface area contributed by atoms with Gasteiger partial charge in [0.2, 0.25) is 0 Å². The van der Waals surface area contributed by atoms with Gasteiger partial charge in [0, 0.05) is 6.07 Å². The number of imide groups is 1. The monoisotopic (exact) mass is 503 g/mol. The minimum Gasteiger partial charge on any atom is -0.497 e. The molecule has 2 amide bonds. The summed E-state index contributed by atoms with van der Waals surface area (Å²) in [5, 5.41) is 11.6. The third kappa shape index (κ3) is 5.94. The molecule has 0 unspecified atom stereocenters. The number of carboxylic acids is 1. The number of methoxy groups -OCH3 is 2. The van der Waals surface area contributed by atoms with Gasteiger partial charge in [-0.1, -0.05) is 24.3 Å². The van der Waals surface area contributed by atoms with Crippen LogP contribution in [0.4, 0.5) is 4.79 Å². The van der Waals surface area contributed by atoms with Gasteiger partial charge in [-0.3, -0.25) is 14.9 Å². The van der Waals surface area contributed by atoms with Crippen molar-refractivity contribution in [3.63, 3.8) is 0 Å². The van der Waals surface area contributed by atoms with Crippen LogP contribution in [-0.4, -0.2) is 36.4 Å². The zero-order valence-corrected chi connectivity index (χ0v) is 20.1. The van der Waals surface area contributed by atoms with Crippen LogP contribution in [-0.2, 0) is 9.59 Å². The largest absolute Gasteiger partial charge is 0.497 e. The number of hydrogen-bond acceptors (Lipinski definition) is 7. The fraction of sp³-hybridized carbons (Fsp3) is 0.0741. The molecule has 0 saturated carbocycles. The van der Waals surface area contributed by atoms with Crippen molar-refractivity contribution in [1.29, 1.82) is 0 Å². The molecule has 8 nitrogen and oxygen atoms in total. The lowest BCUT2D eigenvalue weighted by Gasteiger charge is -2.09. The highest BCUT2D eigenvalue weighted by Gasteiger charge is 2.24. The van der Waals surface area contributed by atoms with Crippen molar-refractivity contribution in [1.82, 2.24) is 5.32 Å². The fourth-order valence-corrected chi connectivity index (χ4v) is 4.07. The van der Waals surface area contributed by atoms with Gasteiger partial charge in [0.25, 0.3) is 11.1 Å². The Morgan fingerprint density at radius 3 is 1.92 bits per heavy atom. The van der Waals surface area contributed by atoms with Crippen molar-refractivity contribution in [3.8, 4) is 23.0 Å². The number of carbonyl (C=O) groups is 3. The number of aliphatic carboxylic acids is 1. The molecule has 0 aliphatic carbocycles. The maximum absolute atomic E-state index is 12.0. The van der Waals surface area contributed by atoms with Crippen molar-refractivity contribution in [2.75, 3.05) is 14.2 Å². The molecule has 0 aromatic heterocycles. The second kappa shape index (κ2) is 10.8. The van der Waals surface area contributed by atoms with Gasteiger partial charge in [-0.05, 0) is 77.0 Å². The van der Waals surface area contributed by atoms with Crippen molar-refractivity contribution in [3.05, 3.63) is 88.3 Å². The summed E-state index contributed by atoms with van der Waals surface area (Å²) in [4.78, 5) is 35.3. The van der Waals surface area contributed by atoms with Crippen molar-refractivity contribution in [2.24, 2.45) is 0 Å². The van der Waals surface area contributed by atoms with E-state index >= 15 is 0 Å². The molecule has 182 valence electrons. The molecule has 0 radical (unpaired) electrons. The van der Waals surface area contributed by atoms with E-state index in [2.05, 4.69) is 5.32 Å². The van der Waals surface area contributed by atoms with E-state index in [4.69, 9.17) is 14.2 Å². The lowest BCUT2D eigenvalue weighted by atomic mass is 10.0. The molecule has 1 aliphatic heterocycles. The number of hydrogen-bond donors (Lipinski definition) is 2. The Hall–Kier alpha value is -4.50. The molecule has 3 aromatic rings. The maximum atomic E-state index is 12.0. The quantitative estimate of drug-likeness (QED) is 0.309. The normalized spacial score (nSPS) is 14.5. The Morgan fingerprint density at radius 1 is 0.833 bits per heavy atom. The van der Waals surface area contributed by atoms with Gasteiger partial charge in [-0.25, -0.2) is 4.79 Å². The summed E-state index contributed by atoms with van der Waals surface area (Å²) in [5.74, 6) is 0.692. The van der Waals surface area contributed by atoms with Crippen LogP contribution >= 0.6 is 11.8 Å². The summed E-state index contributed by atoms with van der Waals surface area (Å²) in [6.07, 6.45) is 3.17. The van der Waals surface area contributed by atoms with Gasteiger partial charge >= 0.3 is 5.97 Å². The first-order valence-electron chi connectivity index (χ1n) is 10.7. The Labute approximate surface area is 211 Å². The summed E-state index contributed by atoms with van der Waals surface area (Å²) in [6, 6.07) is 18.8. The standard InChI is InChI=1S/C27H21NO7S/c1-33-21-11-17(12-22(15-21)34-2)13-23(26(30)31)18-5-9-20(10-6-18)35-19-7-3-16(4-8-19)14-24-25(29)28-27(32)36-24/h3-15H,1-2H3,(H,30,31)(H,28,29,32). The third-order valence-electron chi connectivity index (χ3n) is 5.14. The summed E-state index contributed by atoms with van der Waals surface area (Å²) < 4.78 is 16.4. The minimum atomic E-state index is -1.08. The fourth-order valence-electron chi connectivity index (χ4n) is 3.39. The van der Waals surface area contributed by atoms with E-state index in [1.54, 1.807) is 78.9 Å². The number of rotatable bonds is 8. The number of benzene rings is 3. The van der Waals surface area contributed by atoms with Gasteiger partial charge < -0.3 is 19.3 Å². The summed E-state index contributed by atoms with van der Waals surface area (Å²) in [5.41, 5.74) is 1.97. The van der Waals surface area contributed by atoms with Crippen LogP contribution in [0.1, 0.15) is 16.7 Å². The highest BCUT2D eigenvalue weighted by Crippen LogP contribution is 2.29. The second-order valence-electron chi connectivity index (χ2n) is 7.56. The smallest absolute Gasteiger partial charge is 0.336 e. The molecule has 3 aromatic carbocycles. The first-order valence-corrected chi connectivity index (χ1v) is 11.5. The molecule has 1 fully saturated rings. The van der Waals surface area contributed by atoms with Crippen LogP contribution in [0.25, 0.3) is 17.7 Å². The Kier molecular flexibility index (Phi) is 7.41. The van der Waals surface area contributed by atoms with E-state index in [-0.39, 0.29) is 5.57 Å². The van der Waals surface area contributed by atoms with Crippen LogP contribution in [0, 0.1) is 0 Å². The van der Waals surface area contributed by atoms with Gasteiger partial charge in [-0.15, -0.1) is 0 Å². The van der Waals surface area contributed by atoms with Crippen LogP contribution < -0.4 is 19.5 Å². The van der Waals surface area contributed by atoms with E-state index in [1.807, 2.05) is 0 Å². The molecular formula is C27H21NO7S. The second-order valence-corrected chi connectivity index (χ2v) is 8.57. The molecule has 0 atom stereocenters. The molecule has 1 heterocycles. The molecule has 1 saturated heterocycles. The van der Waals surface area contributed by atoms with Crippen molar-refractivity contribution < 1.29 is 33.7 Å². The van der Waals surface area contributed by atoms with E-state index in [9.17, 15) is 19.5 Å². The number of amides is 2. The van der Waals surface area contributed by atoms with Gasteiger partial charge in [0.15, 0.2) is 0 Å². The summed E-state index contributed by atoms with van der Waals surface area (Å²) in [6.45, 7) is 0. The molecule has 0 spiro atoms. The predicted molar refractivity (Wildman–Crippen MR) is 137 cm³/mol. The van der Waals surface area contributed by atoms with Crippen LogP contribution in [0.2, 0.25) is 0 Å². The number of carboxylic acid groups (broad SMARTS) is 1. The first-order chi connectivity index (χ1) is 17.3. The number of thioether (sulfide) groups is 1. The molecule has 36 heavy (non-hydrogen) atoms. The molecule has 9 heteroatoms. The first kappa shape index (κ1) is 24.6. The number of ether oxygens (including phenoxy) is 3. The van der Waals surface area contributed by atoms with E-state index in [1.165, 1.54) is 14.2 Å². The van der Waals surface area contributed by atoms with Gasteiger partial charge in [0.05, 0.1) is 24.7 Å². The summed E-state index contributed by atoms with van der Waals surface area (Å²) in [7, 11) is 3.05. The lowest BCUT2D eigenvalue weighted by Crippen LogP contribution is -2.17. The highest BCUT2D eigenvalue weighted by atomic mass is 32.2. The SMILES string of the molecule is COc1cc(C=C(C(=O)O)c2ccc(Oc3ccc(C=C4SC(=O)NC4=O)cc3)cc2)cc(OC)c1. The Morgan fingerprint density at radius 2 is 1.42 bits per heavy atom. The lowest BCUT2D eigenvalue weighted by molar-refractivity contribution is -0.130. The molecule has 2 N–H and O–H groups in total. The van der Waals surface area contributed by atoms with E-state index in [0.29, 0.717) is 39.0 Å². The Bertz CT molecular complexity index is 1350. The van der Waals surface area contributed by atoms with Crippen LogP contribution in [0.3, 0.4) is 0 Å². The van der Waals surface area contributed by atoms with Crippen LogP contribution in [0.15, 0.2) is 71.6 Å². The zero-order valence-electron chi connectivity index (χ0n) is 19.3. The summed E-state index contributed by atoms with van der Waals surface area (Å²) >= 11 is 0.856. The third-order valence-corrected chi connectivity index (χ3v) is 5.95. The van der Waals surface area contributed by atoms with E-state index in [0.717, 1.165) is 17.3 Å². The highest BCUT2D eigenvalue weighted by molar-refractivity contribution is 8.18. The predicted octanol–water partition coefficient (Wildman–Crippen LogP) is 5.45. The zero-order chi connectivity index (χ0) is 25.7. The molecule has 4 rings (SSSR count). The average Bonchev–Trinajstić information content (AvgIpc) is 3.20. The molecule has 0 bridgehead atoms. The van der Waals surface area contributed by atoms with E-state index < -0.39 is 17.1 Å². The van der Waals surface area contributed by atoms with Crippen LogP contribution in [0.5, 0.6) is 23.0 Å². The topological polar surface area (TPSA) is 111 Å². The van der Waals surface area contributed by atoms with Crippen molar-refractivity contribution >= 4 is 46.6 Å². The average molecular weight is 504 g/mol.